The van der Waals surface area contributed by atoms with Crippen LogP contribution in [0.5, 0.6) is 0 Å². The van der Waals surface area contributed by atoms with Gasteiger partial charge in [0.25, 0.3) is 0 Å². The van der Waals surface area contributed by atoms with Crippen molar-refractivity contribution < 1.29 is 0 Å². The number of hydrogen-bond donors (Lipinski definition) is 1. The summed E-state index contributed by atoms with van der Waals surface area (Å²) >= 11 is 0. The van der Waals surface area contributed by atoms with Gasteiger partial charge in [-0.1, -0.05) is 62.7 Å². The lowest BCUT2D eigenvalue weighted by Gasteiger charge is -2.30. The van der Waals surface area contributed by atoms with Crippen LogP contribution in [0, 0.1) is 12.8 Å². The number of para-hydroxylation sites is 1. The van der Waals surface area contributed by atoms with E-state index < -0.39 is 0 Å². The normalized spacial score (nSPS) is 15.4. The smallest absolute Gasteiger partial charge is 0.0456 e. The number of likely N-dealkylation sites (tertiary alicyclic amines) is 1. The number of nitrogens with one attached hydrogen (secondary N) is 1. The Morgan fingerprint density at radius 3 is 2.39 bits per heavy atom. The third kappa shape index (κ3) is 5.72. The zero-order valence-corrected chi connectivity index (χ0v) is 17.9. The second kappa shape index (κ2) is 10.5. The van der Waals surface area contributed by atoms with E-state index >= 15 is 0 Å². The molecule has 0 atom stereocenters. The maximum absolute atomic E-state index is 3.36. The van der Waals surface area contributed by atoms with Gasteiger partial charge < -0.3 is 9.88 Å². The number of piperidine rings is 1. The van der Waals surface area contributed by atoms with E-state index in [9.17, 15) is 0 Å². The van der Waals surface area contributed by atoms with Gasteiger partial charge in [-0.05, 0) is 74.4 Å². The fourth-order valence-corrected chi connectivity index (χ4v) is 4.06. The maximum Gasteiger partial charge on any atom is 0.0456 e. The van der Waals surface area contributed by atoms with Crippen molar-refractivity contribution in [2.24, 2.45) is 5.92 Å². The average Bonchev–Trinajstić information content (AvgIpc) is 3.13. The molecule has 1 fully saturated rings. The number of hydrogen-bond acceptors (Lipinski definition) is 1. The highest BCUT2D eigenvalue weighted by molar-refractivity contribution is 5.83. The summed E-state index contributed by atoms with van der Waals surface area (Å²) in [5, 5.41) is 1.39. The quantitative estimate of drug-likeness (QED) is 0.546. The summed E-state index contributed by atoms with van der Waals surface area (Å²) in [6.45, 7) is 10.5. The summed E-state index contributed by atoms with van der Waals surface area (Å²) < 4.78 is 0. The van der Waals surface area contributed by atoms with E-state index in [1.807, 2.05) is 0 Å². The van der Waals surface area contributed by atoms with Crippen LogP contribution >= 0.6 is 0 Å². The van der Waals surface area contributed by atoms with Crippen molar-refractivity contribution >= 4 is 10.9 Å². The standard InChI is InChI=1S/C16H22N2.C10H14/c1-13-6-9-18(10-7-13)11-8-14-12-17-16-5-3-2-4-15(14)16;1-3-6-10-8-5-4-7-9(10)2/h2-5,12-13,17H,6-11H2,1H3;4-5,7-8H,3,6H2,1-2H3. The van der Waals surface area contributed by atoms with Gasteiger partial charge in [-0.15, -0.1) is 0 Å². The molecule has 1 aromatic heterocycles. The first-order valence-corrected chi connectivity index (χ1v) is 11.0. The summed E-state index contributed by atoms with van der Waals surface area (Å²) in [5.74, 6) is 0.925. The van der Waals surface area contributed by atoms with Crippen molar-refractivity contribution in [2.75, 3.05) is 19.6 Å². The first kappa shape index (κ1) is 20.7. The van der Waals surface area contributed by atoms with Crippen LogP contribution in [0.2, 0.25) is 0 Å². The van der Waals surface area contributed by atoms with Gasteiger partial charge in [0, 0.05) is 23.6 Å². The lowest BCUT2D eigenvalue weighted by Crippen LogP contribution is -2.34. The first-order valence-electron chi connectivity index (χ1n) is 11.0. The monoisotopic (exact) mass is 376 g/mol. The van der Waals surface area contributed by atoms with E-state index in [1.54, 1.807) is 0 Å². The van der Waals surface area contributed by atoms with Crippen molar-refractivity contribution in [1.29, 1.82) is 0 Å². The second-order valence-corrected chi connectivity index (χ2v) is 8.31. The Kier molecular flexibility index (Phi) is 7.73. The third-order valence-electron chi connectivity index (χ3n) is 6.03. The van der Waals surface area contributed by atoms with Gasteiger partial charge in [0.2, 0.25) is 0 Å². The van der Waals surface area contributed by atoms with Crippen LogP contribution < -0.4 is 0 Å². The summed E-state index contributed by atoms with van der Waals surface area (Å²) in [7, 11) is 0. The minimum Gasteiger partial charge on any atom is -0.361 e. The molecule has 2 heterocycles. The molecule has 1 saturated heterocycles. The number of benzene rings is 2. The molecule has 2 aromatic carbocycles. The Morgan fingerprint density at radius 2 is 1.64 bits per heavy atom. The van der Waals surface area contributed by atoms with Crippen LogP contribution in [0.1, 0.15) is 49.8 Å². The van der Waals surface area contributed by atoms with E-state index in [-0.39, 0.29) is 0 Å². The lowest BCUT2D eigenvalue weighted by atomic mass is 9.99. The zero-order chi connectivity index (χ0) is 19.8. The number of aryl methyl sites for hydroxylation is 2. The zero-order valence-electron chi connectivity index (χ0n) is 17.9. The molecule has 0 aliphatic carbocycles. The molecular formula is C26H36N2. The van der Waals surface area contributed by atoms with Gasteiger partial charge in [0.15, 0.2) is 0 Å². The van der Waals surface area contributed by atoms with Gasteiger partial charge >= 0.3 is 0 Å². The van der Waals surface area contributed by atoms with Crippen LogP contribution in [-0.4, -0.2) is 29.5 Å². The van der Waals surface area contributed by atoms with Crippen LogP contribution in [0.15, 0.2) is 54.7 Å². The highest BCUT2D eigenvalue weighted by Crippen LogP contribution is 2.20. The molecule has 0 spiro atoms. The number of aromatic amines is 1. The predicted octanol–water partition coefficient (Wildman–Crippen LogP) is 6.39. The van der Waals surface area contributed by atoms with Crippen molar-refractivity contribution in [2.45, 2.75) is 52.9 Å². The molecule has 2 nitrogen and oxygen atoms in total. The van der Waals surface area contributed by atoms with Crippen LogP contribution in [0.4, 0.5) is 0 Å². The number of H-pyrrole nitrogens is 1. The van der Waals surface area contributed by atoms with Crippen molar-refractivity contribution in [3.63, 3.8) is 0 Å². The SMILES string of the molecule is CC1CCN(CCc2c[nH]c3ccccc23)CC1.CCCc1ccccc1C. The van der Waals surface area contributed by atoms with E-state index in [2.05, 4.69) is 85.4 Å². The summed E-state index contributed by atoms with van der Waals surface area (Å²) in [4.78, 5) is 5.98. The molecule has 0 bridgehead atoms. The Morgan fingerprint density at radius 1 is 0.929 bits per heavy atom. The molecule has 1 aliphatic heterocycles. The van der Waals surface area contributed by atoms with Gasteiger partial charge in [0.05, 0.1) is 0 Å². The topological polar surface area (TPSA) is 19.0 Å². The van der Waals surface area contributed by atoms with Gasteiger partial charge in [-0.25, -0.2) is 0 Å². The lowest BCUT2D eigenvalue weighted by molar-refractivity contribution is 0.194. The van der Waals surface area contributed by atoms with E-state index in [4.69, 9.17) is 0 Å². The molecule has 0 amide bonds. The molecule has 28 heavy (non-hydrogen) atoms. The Balaban J connectivity index is 0.000000192. The molecule has 1 aliphatic rings. The van der Waals surface area contributed by atoms with E-state index in [1.165, 1.54) is 79.3 Å². The van der Waals surface area contributed by atoms with Gasteiger partial charge in [-0.2, -0.15) is 0 Å². The highest BCUT2D eigenvalue weighted by Gasteiger charge is 2.15. The summed E-state index contributed by atoms with van der Waals surface area (Å²) in [6.07, 6.45) is 8.54. The van der Waals surface area contributed by atoms with Gasteiger partial charge in [-0.3, -0.25) is 0 Å². The van der Waals surface area contributed by atoms with Crippen molar-refractivity contribution in [3.05, 3.63) is 71.4 Å². The number of nitrogens with zero attached hydrogens (tertiary/aromatic N) is 1. The fourth-order valence-electron chi connectivity index (χ4n) is 4.06. The third-order valence-corrected chi connectivity index (χ3v) is 6.03. The Bertz CT molecular complexity index is 840. The molecule has 4 rings (SSSR count). The van der Waals surface area contributed by atoms with Gasteiger partial charge in [0.1, 0.15) is 0 Å². The summed E-state index contributed by atoms with van der Waals surface area (Å²) in [5.41, 5.74) is 5.64. The Hall–Kier alpha value is -2.06. The second-order valence-electron chi connectivity index (χ2n) is 8.31. The van der Waals surface area contributed by atoms with E-state index in [0.717, 1.165) is 5.92 Å². The molecule has 0 radical (unpaired) electrons. The predicted molar refractivity (Wildman–Crippen MR) is 122 cm³/mol. The minimum atomic E-state index is 0.925. The first-order chi connectivity index (χ1) is 13.7. The number of fused-ring (bicyclic) bond motifs is 1. The Labute approximate surface area is 171 Å². The molecule has 1 N–H and O–H groups in total. The average molecular weight is 377 g/mol. The maximum atomic E-state index is 3.36. The van der Waals surface area contributed by atoms with Crippen molar-refractivity contribution in [1.82, 2.24) is 9.88 Å². The van der Waals surface area contributed by atoms with E-state index in [0.29, 0.717) is 0 Å². The van der Waals surface area contributed by atoms with Crippen LogP contribution in [-0.2, 0) is 12.8 Å². The molecule has 3 aromatic rings. The van der Waals surface area contributed by atoms with Crippen molar-refractivity contribution in [3.8, 4) is 0 Å². The number of aromatic nitrogens is 1. The largest absolute Gasteiger partial charge is 0.361 e. The molecule has 2 heteroatoms. The molecule has 150 valence electrons. The fraction of sp³-hybridized carbons (Fsp3) is 0.462. The molecule has 0 unspecified atom stereocenters. The highest BCUT2D eigenvalue weighted by atomic mass is 15.1. The molecular weight excluding hydrogens is 340 g/mol. The molecule has 0 saturated carbocycles. The number of rotatable bonds is 5. The van der Waals surface area contributed by atoms with Crippen LogP contribution in [0.3, 0.4) is 0 Å². The van der Waals surface area contributed by atoms with Crippen LogP contribution in [0.25, 0.3) is 10.9 Å². The summed E-state index contributed by atoms with van der Waals surface area (Å²) in [6, 6.07) is 17.2. The minimum absolute atomic E-state index is 0.925.